The molecular weight excluding hydrogens is 312 g/mol. The van der Waals surface area contributed by atoms with Gasteiger partial charge in [0.15, 0.2) is 11.6 Å². The third-order valence-corrected chi connectivity index (χ3v) is 3.87. The zero-order valence-electron chi connectivity index (χ0n) is 14.9. The molecule has 130 valence electrons. The highest BCUT2D eigenvalue weighted by Gasteiger charge is 2.19. The molecule has 0 radical (unpaired) electrons. The molecule has 1 heterocycles. The summed E-state index contributed by atoms with van der Waals surface area (Å²) >= 11 is 0. The SMILES string of the molecule is CC(C)c1nc(N(C)C)nc(N(C)C(C)c2ccc(F)c(F)c2)n1. The summed E-state index contributed by atoms with van der Waals surface area (Å²) in [5, 5.41) is 0. The van der Waals surface area contributed by atoms with E-state index in [9.17, 15) is 8.78 Å². The van der Waals surface area contributed by atoms with Gasteiger partial charge < -0.3 is 9.80 Å². The predicted molar refractivity (Wildman–Crippen MR) is 91.4 cm³/mol. The first kappa shape index (κ1) is 18.0. The summed E-state index contributed by atoms with van der Waals surface area (Å²) < 4.78 is 26.6. The lowest BCUT2D eigenvalue weighted by Crippen LogP contribution is -2.26. The van der Waals surface area contributed by atoms with E-state index in [0.29, 0.717) is 23.3 Å². The summed E-state index contributed by atoms with van der Waals surface area (Å²) in [6.07, 6.45) is 0. The second-order valence-corrected chi connectivity index (χ2v) is 6.30. The summed E-state index contributed by atoms with van der Waals surface area (Å²) in [6.45, 7) is 5.91. The van der Waals surface area contributed by atoms with Crippen molar-refractivity contribution in [1.29, 1.82) is 0 Å². The number of nitrogens with zero attached hydrogens (tertiary/aromatic N) is 5. The van der Waals surface area contributed by atoms with Crippen LogP contribution in [-0.2, 0) is 0 Å². The molecule has 0 saturated heterocycles. The fraction of sp³-hybridized carbons (Fsp3) is 0.471. The van der Waals surface area contributed by atoms with E-state index in [2.05, 4.69) is 15.0 Å². The summed E-state index contributed by atoms with van der Waals surface area (Å²) in [5.74, 6) is 0.180. The summed E-state index contributed by atoms with van der Waals surface area (Å²) in [4.78, 5) is 17.1. The van der Waals surface area contributed by atoms with Gasteiger partial charge in [-0.2, -0.15) is 15.0 Å². The topological polar surface area (TPSA) is 45.2 Å². The zero-order valence-corrected chi connectivity index (χ0v) is 14.9. The Morgan fingerprint density at radius 2 is 1.50 bits per heavy atom. The number of benzene rings is 1. The first-order valence-corrected chi connectivity index (χ1v) is 7.81. The first-order chi connectivity index (χ1) is 11.2. The average molecular weight is 335 g/mol. The minimum Gasteiger partial charge on any atom is -0.347 e. The Morgan fingerprint density at radius 3 is 2.04 bits per heavy atom. The number of anilines is 2. The summed E-state index contributed by atoms with van der Waals surface area (Å²) in [7, 11) is 5.55. The van der Waals surface area contributed by atoms with Crippen LogP contribution in [0.2, 0.25) is 0 Å². The van der Waals surface area contributed by atoms with Gasteiger partial charge in [0.25, 0.3) is 0 Å². The average Bonchev–Trinajstić information content (AvgIpc) is 2.55. The highest BCUT2D eigenvalue weighted by atomic mass is 19.2. The molecule has 0 fully saturated rings. The second kappa shape index (κ2) is 7.07. The lowest BCUT2D eigenvalue weighted by atomic mass is 10.1. The maximum Gasteiger partial charge on any atom is 0.230 e. The van der Waals surface area contributed by atoms with Gasteiger partial charge in [-0.15, -0.1) is 0 Å². The Labute approximate surface area is 141 Å². The molecule has 0 saturated carbocycles. The Balaban J connectivity index is 2.40. The minimum absolute atomic E-state index is 0.150. The lowest BCUT2D eigenvalue weighted by molar-refractivity contribution is 0.505. The molecule has 0 amide bonds. The van der Waals surface area contributed by atoms with E-state index in [4.69, 9.17) is 0 Å². The van der Waals surface area contributed by atoms with Crippen molar-refractivity contribution >= 4 is 11.9 Å². The minimum atomic E-state index is -0.861. The first-order valence-electron chi connectivity index (χ1n) is 7.81. The molecule has 1 atom stereocenters. The Kier molecular flexibility index (Phi) is 5.31. The molecule has 7 heteroatoms. The van der Waals surface area contributed by atoms with Crippen LogP contribution in [0.25, 0.3) is 0 Å². The Morgan fingerprint density at radius 1 is 0.875 bits per heavy atom. The van der Waals surface area contributed by atoms with Crippen LogP contribution in [0.4, 0.5) is 20.7 Å². The van der Waals surface area contributed by atoms with E-state index < -0.39 is 11.6 Å². The predicted octanol–water partition coefficient (Wildman–Crippen LogP) is 3.54. The van der Waals surface area contributed by atoms with Crippen molar-refractivity contribution in [1.82, 2.24) is 15.0 Å². The number of aromatic nitrogens is 3. The van der Waals surface area contributed by atoms with Crippen molar-refractivity contribution in [2.45, 2.75) is 32.7 Å². The van der Waals surface area contributed by atoms with Gasteiger partial charge in [-0.25, -0.2) is 8.78 Å². The van der Waals surface area contributed by atoms with Crippen LogP contribution in [0.3, 0.4) is 0 Å². The summed E-state index contributed by atoms with van der Waals surface area (Å²) in [5.41, 5.74) is 0.648. The molecule has 0 bridgehead atoms. The molecule has 0 N–H and O–H groups in total. The van der Waals surface area contributed by atoms with Crippen LogP contribution in [-0.4, -0.2) is 36.1 Å². The van der Waals surface area contributed by atoms with Crippen molar-refractivity contribution < 1.29 is 8.78 Å². The molecule has 0 spiro atoms. The van der Waals surface area contributed by atoms with Gasteiger partial charge in [-0.05, 0) is 24.6 Å². The molecule has 1 aromatic carbocycles. The van der Waals surface area contributed by atoms with Crippen molar-refractivity contribution in [2.24, 2.45) is 0 Å². The van der Waals surface area contributed by atoms with Crippen molar-refractivity contribution in [3.05, 3.63) is 41.2 Å². The molecule has 1 aromatic heterocycles. The third kappa shape index (κ3) is 3.77. The highest BCUT2D eigenvalue weighted by molar-refractivity contribution is 5.40. The molecule has 2 rings (SSSR count). The van der Waals surface area contributed by atoms with E-state index >= 15 is 0 Å². The molecule has 1 unspecified atom stereocenters. The lowest BCUT2D eigenvalue weighted by Gasteiger charge is -2.26. The number of halogens is 2. The fourth-order valence-electron chi connectivity index (χ4n) is 2.15. The number of hydrogen-bond donors (Lipinski definition) is 0. The maximum atomic E-state index is 13.5. The molecule has 24 heavy (non-hydrogen) atoms. The van der Waals surface area contributed by atoms with Gasteiger partial charge in [-0.3, -0.25) is 0 Å². The van der Waals surface area contributed by atoms with Crippen LogP contribution < -0.4 is 9.80 Å². The summed E-state index contributed by atoms with van der Waals surface area (Å²) in [6, 6.07) is 3.68. The normalized spacial score (nSPS) is 12.4. The van der Waals surface area contributed by atoms with E-state index in [1.54, 1.807) is 6.07 Å². The molecule has 2 aromatic rings. The molecule has 0 aliphatic heterocycles. The van der Waals surface area contributed by atoms with Crippen LogP contribution in [0.5, 0.6) is 0 Å². The van der Waals surface area contributed by atoms with Crippen molar-refractivity contribution in [2.75, 3.05) is 30.9 Å². The number of rotatable bonds is 5. The quantitative estimate of drug-likeness (QED) is 0.836. The zero-order chi connectivity index (χ0) is 18.0. The van der Waals surface area contributed by atoms with Crippen molar-refractivity contribution in [3.63, 3.8) is 0 Å². The molecule has 0 aliphatic rings. The standard InChI is InChI=1S/C17H23F2N5/c1-10(2)15-20-16(23(4)5)22-17(21-15)24(6)11(3)12-7-8-13(18)14(19)9-12/h7-11H,1-6H3. The fourth-order valence-corrected chi connectivity index (χ4v) is 2.15. The highest BCUT2D eigenvalue weighted by Crippen LogP contribution is 2.26. The van der Waals surface area contributed by atoms with E-state index in [0.717, 1.165) is 6.07 Å². The molecular formula is C17H23F2N5. The Hall–Kier alpha value is -2.31. The van der Waals surface area contributed by atoms with E-state index in [-0.39, 0.29) is 12.0 Å². The molecule has 5 nitrogen and oxygen atoms in total. The second-order valence-electron chi connectivity index (χ2n) is 6.30. The van der Waals surface area contributed by atoms with Crippen molar-refractivity contribution in [3.8, 4) is 0 Å². The van der Waals surface area contributed by atoms with Crippen LogP contribution in [0.1, 0.15) is 44.1 Å². The van der Waals surface area contributed by atoms with E-state index in [1.165, 1.54) is 6.07 Å². The van der Waals surface area contributed by atoms with Crippen LogP contribution in [0.15, 0.2) is 18.2 Å². The van der Waals surface area contributed by atoms with Crippen LogP contribution >= 0.6 is 0 Å². The smallest absolute Gasteiger partial charge is 0.230 e. The van der Waals surface area contributed by atoms with Gasteiger partial charge in [0.1, 0.15) is 5.82 Å². The third-order valence-electron chi connectivity index (χ3n) is 3.87. The molecule has 0 aliphatic carbocycles. The Bertz CT molecular complexity index is 692. The van der Waals surface area contributed by atoms with Gasteiger partial charge in [0, 0.05) is 27.1 Å². The monoisotopic (exact) mass is 335 g/mol. The van der Waals surface area contributed by atoms with Gasteiger partial charge in [0.05, 0.1) is 6.04 Å². The van der Waals surface area contributed by atoms with E-state index in [1.807, 2.05) is 51.7 Å². The van der Waals surface area contributed by atoms with Crippen LogP contribution in [0, 0.1) is 11.6 Å². The number of hydrogen-bond acceptors (Lipinski definition) is 5. The maximum absolute atomic E-state index is 13.5. The largest absolute Gasteiger partial charge is 0.347 e. The van der Waals surface area contributed by atoms with Gasteiger partial charge in [-0.1, -0.05) is 19.9 Å². The van der Waals surface area contributed by atoms with Gasteiger partial charge >= 0.3 is 0 Å². The van der Waals surface area contributed by atoms with Gasteiger partial charge in [0.2, 0.25) is 11.9 Å².